The van der Waals surface area contributed by atoms with Crippen LogP contribution in [-0.4, -0.2) is 10.9 Å². The Hall–Kier alpha value is -1.68. The average Bonchev–Trinajstić information content (AvgIpc) is 3.08. The number of thiazole rings is 1. The summed E-state index contributed by atoms with van der Waals surface area (Å²) in [5, 5.41) is 4.96. The van der Waals surface area contributed by atoms with Crippen LogP contribution in [0.15, 0.2) is 41.2 Å². The van der Waals surface area contributed by atoms with Crippen molar-refractivity contribution in [2.75, 3.05) is 0 Å². The van der Waals surface area contributed by atoms with E-state index in [0.29, 0.717) is 24.8 Å². The van der Waals surface area contributed by atoms with E-state index in [-0.39, 0.29) is 5.91 Å². The highest BCUT2D eigenvalue weighted by atomic mass is 32.1. The number of aromatic nitrogens is 1. The summed E-state index contributed by atoms with van der Waals surface area (Å²) in [5.74, 6) is 1.38. The van der Waals surface area contributed by atoms with Crippen LogP contribution in [0.25, 0.3) is 0 Å². The van der Waals surface area contributed by atoms with E-state index in [0.717, 1.165) is 18.5 Å². The highest BCUT2D eigenvalue weighted by molar-refractivity contribution is 7.07. The highest BCUT2D eigenvalue weighted by Gasteiger charge is 2.23. The predicted molar refractivity (Wildman–Crippen MR) is 89.7 cm³/mol. The molecule has 1 aromatic carbocycles. The molecule has 0 bridgehead atoms. The lowest BCUT2D eigenvalue weighted by Gasteiger charge is -2.28. The molecule has 0 saturated heterocycles. The minimum absolute atomic E-state index is 0.163. The van der Waals surface area contributed by atoms with Crippen LogP contribution < -0.4 is 5.32 Å². The Kier molecular flexibility index (Phi) is 5.22. The fourth-order valence-electron chi connectivity index (χ4n) is 3.27. The molecule has 116 valence electrons. The average molecular weight is 314 g/mol. The second kappa shape index (κ2) is 7.54. The molecule has 1 aliphatic carbocycles. The molecule has 3 nitrogen and oxygen atoms in total. The molecule has 1 heterocycles. The highest BCUT2D eigenvalue weighted by Crippen LogP contribution is 2.36. The van der Waals surface area contributed by atoms with Crippen molar-refractivity contribution >= 4 is 17.2 Å². The molecular formula is C18H22N2OS. The SMILES string of the molecule is O=C(CC1CCC(c2ccccc2)CC1)NCc1cscn1. The van der Waals surface area contributed by atoms with E-state index in [1.165, 1.54) is 18.4 Å². The second-order valence-corrected chi connectivity index (χ2v) is 6.81. The molecule has 0 unspecified atom stereocenters. The Balaban J connectivity index is 1.41. The molecule has 0 radical (unpaired) electrons. The number of hydrogen-bond acceptors (Lipinski definition) is 3. The lowest BCUT2D eigenvalue weighted by molar-refractivity contribution is -0.122. The number of carbonyl (C=O) groups excluding carboxylic acids is 1. The van der Waals surface area contributed by atoms with Crippen LogP contribution in [0.2, 0.25) is 0 Å². The van der Waals surface area contributed by atoms with E-state index in [1.807, 2.05) is 5.38 Å². The largest absolute Gasteiger partial charge is 0.350 e. The Morgan fingerprint density at radius 3 is 2.64 bits per heavy atom. The molecule has 1 N–H and O–H groups in total. The first kappa shape index (κ1) is 15.2. The van der Waals surface area contributed by atoms with Crippen molar-refractivity contribution in [1.82, 2.24) is 10.3 Å². The molecule has 1 aliphatic rings. The van der Waals surface area contributed by atoms with Crippen LogP contribution in [0.3, 0.4) is 0 Å². The van der Waals surface area contributed by atoms with Gasteiger partial charge in [0.05, 0.1) is 17.7 Å². The first-order valence-electron chi connectivity index (χ1n) is 8.00. The third-order valence-corrected chi connectivity index (χ3v) is 5.18. The first-order chi connectivity index (χ1) is 10.8. The van der Waals surface area contributed by atoms with E-state index in [1.54, 1.807) is 16.8 Å². The minimum atomic E-state index is 0.163. The van der Waals surface area contributed by atoms with Gasteiger partial charge in [-0.25, -0.2) is 4.98 Å². The summed E-state index contributed by atoms with van der Waals surface area (Å²) in [6, 6.07) is 10.8. The zero-order valence-electron chi connectivity index (χ0n) is 12.7. The van der Waals surface area contributed by atoms with Gasteiger partial charge in [0.15, 0.2) is 0 Å². The fraction of sp³-hybridized carbons (Fsp3) is 0.444. The van der Waals surface area contributed by atoms with E-state index < -0.39 is 0 Å². The molecule has 2 aromatic rings. The van der Waals surface area contributed by atoms with Crippen molar-refractivity contribution in [3.63, 3.8) is 0 Å². The molecule has 1 fully saturated rings. The lowest BCUT2D eigenvalue weighted by atomic mass is 9.77. The third-order valence-electron chi connectivity index (χ3n) is 4.54. The Morgan fingerprint density at radius 2 is 1.95 bits per heavy atom. The summed E-state index contributed by atoms with van der Waals surface area (Å²) in [6.45, 7) is 0.557. The van der Waals surface area contributed by atoms with Crippen LogP contribution >= 0.6 is 11.3 Å². The van der Waals surface area contributed by atoms with E-state index >= 15 is 0 Å². The number of nitrogens with zero attached hydrogens (tertiary/aromatic N) is 1. The molecule has 22 heavy (non-hydrogen) atoms. The van der Waals surface area contributed by atoms with Gasteiger partial charge in [-0.05, 0) is 43.1 Å². The monoisotopic (exact) mass is 314 g/mol. The molecule has 1 saturated carbocycles. The van der Waals surface area contributed by atoms with Gasteiger partial charge in [-0.1, -0.05) is 30.3 Å². The zero-order chi connectivity index (χ0) is 15.2. The Labute approximate surface area is 135 Å². The summed E-state index contributed by atoms with van der Waals surface area (Å²) in [7, 11) is 0. The molecule has 0 aliphatic heterocycles. The number of benzene rings is 1. The Bertz CT molecular complexity index is 574. The molecule has 3 rings (SSSR count). The van der Waals surface area contributed by atoms with Gasteiger partial charge in [0.1, 0.15) is 0 Å². The van der Waals surface area contributed by atoms with Gasteiger partial charge in [0.25, 0.3) is 0 Å². The Morgan fingerprint density at radius 1 is 1.18 bits per heavy atom. The van der Waals surface area contributed by atoms with Crippen LogP contribution in [0.4, 0.5) is 0 Å². The third kappa shape index (κ3) is 4.17. The van der Waals surface area contributed by atoms with Crippen molar-refractivity contribution in [2.24, 2.45) is 5.92 Å². The summed E-state index contributed by atoms with van der Waals surface area (Å²) < 4.78 is 0. The summed E-state index contributed by atoms with van der Waals surface area (Å²) in [4.78, 5) is 16.2. The zero-order valence-corrected chi connectivity index (χ0v) is 13.5. The minimum Gasteiger partial charge on any atom is -0.350 e. The quantitative estimate of drug-likeness (QED) is 0.902. The van der Waals surface area contributed by atoms with E-state index in [2.05, 4.69) is 40.6 Å². The molecule has 1 amide bonds. The number of rotatable bonds is 5. The molecule has 0 atom stereocenters. The maximum atomic E-state index is 12.0. The number of hydrogen-bond donors (Lipinski definition) is 1. The van der Waals surface area contributed by atoms with Gasteiger partial charge in [0.2, 0.25) is 5.91 Å². The normalized spacial score (nSPS) is 21.5. The van der Waals surface area contributed by atoms with Gasteiger partial charge < -0.3 is 5.32 Å². The van der Waals surface area contributed by atoms with Crippen molar-refractivity contribution in [2.45, 2.75) is 44.6 Å². The summed E-state index contributed by atoms with van der Waals surface area (Å²) in [6.07, 6.45) is 5.38. The number of carbonyl (C=O) groups is 1. The van der Waals surface area contributed by atoms with Crippen molar-refractivity contribution < 1.29 is 4.79 Å². The van der Waals surface area contributed by atoms with Crippen molar-refractivity contribution in [1.29, 1.82) is 0 Å². The van der Waals surface area contributed by atoms with Crippen LogP contribution in [0.5, 0.6) is 0 Å². The van der Waals surface area contributed by atoms with Gasteiger partial charge >= 0.3 is 0 Å². The lowest BCUT2D eigenvalue weighted by Crippen LogP contribution is -2.26. The maximum absolute atomic E-state index is 12.0. The first-order valence-corrected chi connectivity index (χ1v) is 8.94. The molecule has 1 aromatic heterocycles. The summed E-state index contributed by atoms with van der Waals surface area (Å²) >= 11 is 1.56. The molecule has 0 spiro atoms. The smallest absolute Gasteiger partial charge is 0.220 e. The number of nitrogens with one attached hydrogen (secondary N) is 1. The fourth-order valence-corrected chi connectivity index (χ4v) is 3.83. The molecule has 4 heteroatoms. The van der Waals surface area contributed by atoms with Gasteiger partial charge in [-0.2, -0.15) is 0 Å². The number of amides is 1. The second-order valence-electron chi connectivity index (χ2n) is 6.09. The summed E-state index contributed by atoms with van der Waals surface area (Å²) in [5.41, 5.74) is 4.20. The van der Waals surface area contributed by atoms with Gasteiger partial charge in [-0.15, -0.1) is 11.3 Å². The topological polar surface area (TPSA) is 42.0 Å². The van der Waals surface area contributed by atoms with Crippen LogP contribution in [-0.2, 0) is 11.3 Å². The van der Waals surface area contributed by atoms with Gasteiger partial charge in [-0.3, -0.25) is 4.79 Å². The van der Waals surface area contributed by atoms with Crippen LogP contribution in [0, 0.1) is 5.92 Å². The van der Waals surface area contributed by atoms with Gasteiger partial charge in [0, 0.05) is 11.8 Å². The maximum Gasteiger partial charge on any atom is 0.220 e. The van der Waals surface area contributed by atoms with Crippen molar-refractivity contribution in [3.8, 4) is 0 Å². The molecular weight excluding hydrogens is 292 g/mol. The predicted octanol–water partition coefficient (Wildman–Crippen LogP) is 4.12. The van der Waals surface area contributed by atoms with E-state index in [9.17, 15) is 4.79 Å². The van der Waals surface area contributed by atoms with Crippen LogP contribution in [0.1, 0.15) is 49.3 Å². The van der Waals surface area contributed by atoms with E-state index in [4.69, 9.17) is 0 Å². The standard InChI is InChI=1S/C18H22N2OS/c21-18(19-11-17-12-22-13-20-17)10-14-6-8-16(9-7-14)15-4-2-1-3-5-15/h1-5,12-14,16H,6-11H2,(H,19,21). The van der Waals surface area contributed by atoms with Crippen molar-refractivity contribution in [3.05, 3.63) is 52.5 Å².